The predicted molar refractivity (Wildman–Crippen MR) is 145 cm³/mol. The highest BCUT2D eigenvalue weighted by Crippen LogP contribution is 2.33. The minimum absolute atomic E-state index is 0.0170. The van der Waals surface area contributed by atoms with Gasteiger partial charge in [0, 0.05) is 19.6 Å². The van der Waals surface area contributed by atoms with Crippen molar-refractivity contribution in [3.05, 3.63) is 47.0 Å². The maximum absolute atomic E-state index is 15.9. The first kappa shape index (κ1) is 26.0. The number of rotatable bonds is 11. The minimum atomic E-state index is -0.603. The molecule has 8 nitrogen and oxygen atoms in total. The van der Waals surface area contributed by atoms with Crippen molar-refractivity contribution in [1.29, 1.82) is 0 Å². The number of hydroxylamine groups is 1. The number of morpholine rings is 1. The molecular weight excluding hydrogens is 496 g/mol. The van der Waals surface area contributed by atoms with Gasteiger partial charge in [0.25, 0.3) is 5.91 Å². The molecule has 196 valence electrons. The molecule has 0 spiro atoms. The van der Waals surface area contributed by atoms with Gasteiger partial charge in [0.2, 0.25) is 0 Å². The number of aromatic nitrogens is 2. The zero-order valence-corrected chi connectivity index (χ0v) is 21.8. The Labute approximate surface area is 221 Å². The average Bonchev–Trinajstić information content (AvgIpc) is 3.63. The number of unbranched alkanes of at least 4 members (excludes halogenated alkanes) is 1. The summed E-state index contributed by atoms with van der Waals surface area (Å²) in [5.41, 5.74) is 4.88. The minimum Gasteiger partial charge on any atom is -0.379 e. The lowest BCUT2D eigenvalue weighted by Gasteiger charge is -2.26. The van der Waals surface area contributed by atoms with Crippen molar-refractivity contribution < 1.29 is 18.8 Å². The van der Waals surface area contributed by atoms with Crippen molar-refractivity contribution in [2.45, 2.75) is 32.2 Å². The highest BCUT2D eigenvalue weighted by atomic mass is 35.5. The summed E-state index contributed by atoms with van der Waals surface area (Å²) in [6.07, 6.45) is 5.75. The number of hydrogen-bond donors (Lipinski definition) is 2. The van der Waals surface area contributed by atoms with E-state index in [1.807, 2.05) is 18.5 Å². The Hall–Kier alpha value is -2.66. The predicted octanol–water partition coefficient (Wildman–Crippen LogP) is 3.01. The molecule has 1 amide bonds. The molecule has 2 aromatic carbocycles. The molecule has 0 unspecified atom stereocenters. The maximum atomic E-state index is 15.9. The molecule has 1 saturated carbocycles. The topological polar surface area (TPSA) is 80.7 Å². The lowest BCUT2D eigenvalue weighted by molar-refractivity contribution is 0.0271. The van der Waals surface area contributed by atoms with E-state index in [1.165, 1.54) is 0 Å². The van der Waals surface area contributed by atoms with Gasteiger partial charge in [-0.3, -0.25) is 14.5 Å². The Morgan fingerprint density at radius 3 is 2.76 bits per heavy atom. The number of carbonyl (C=O) groups is 1. The Morgan fingerprint density at radius 1 is 1.22 bits per heavy atom. The molecule has 0 atom stereocenters. The van der Waals surface area contributed by atoms with Crippen LogP contribution in [0, 0.1) is 11.7 Å². The fourth-order valence-corrected chi connectivity index (χ4v) is 4.78. The zero-order chi connectivity index (χ0) is 25.8. The number of aryl methyl sites for hydroxylation is 1. The quantitative estimate of drug-likeness (QED) is 0.227. The van der Waals surface area contributed by atoms with Gasteiger partial charge in [0.1, 0.15) is 13.4 Å². The SMILES string of the molecule is Bc1ccc(Nc2c(C(=O)NOCC3CC3)cc3c(ncn3CCCCN3CCOCC3)c2F)c(Cl)c1. The fraction of sp³-hybridized carbons (Fsp3) is 0.462. The summed E-state index contributed by atoms with van der Waals surface area (Å²) in [6, 6.07) is 7.09. The van der Waals surface area contributed by atoms with Crippen molar-refractivity contribution in [3.8, 4) is 0 Å². The standard InChI is InChI=1S/C26H32BClFN5O3/c27-18-5-6-21(20(28)13-18)31-24-19(26(35)32-37-15-17-3-4-17)14-22-25(23(24)29)30-16-34(22)8-2-1-7-33-9-11-36-12-10-33/h5-6,13-14,16-17,31H,1-4,7-12,15,27H2,(H,32,35). The summed E-state index contributed by atoms with van der Waals surface area (Å²) in [4.78, 5) is 25.3. The van der Waals surface area contributed by atoms with E-state index < -0.39 is 11.7 Å². The molecule has 3 aromatic rings. The van der Waals surface area contributed by atoms with Crippen molar-refractivity contribution >= 4 is 53.2 Å². The van der Waals surface area contributed by atoms with E-state index in [0.29, 0.717) is 35.3 Å². The van der Waals surface area contributed by atoms with Gasteiger partial charge in [0.05, 0.1) is 53.6 Å². The summed E-state index contributed by atoms with van der Waals surface area (Å²) in [7, 11) is 1.92. The molecular formula is C26H32BClFN5O3. The smallest absolute Gasteiger partial charge is 0.277 e. The van der Waals surface area contributed by atoms with Crippen LogP contribution in [0.25, 0.3) is 11.0 Å². The number of hydrogen-bond acceptors (Lipinski definition) is 6. The Bertz CT molecular complexity index is 1260. The number of nitrogens with zero attached hydrogens (tertiary/aromatic N) is 3. The number of carbonyl (C=O) groups excluding carboxylic acids is 1. The molecule has 2 fully saturated rings. The summed E-state index contributed by atoms with van der Waals surface area (Å²) >= 11 is 6.40. The highest BCUT2D eigenvalue weighted by Gasteiger charge is 2.25. The number of anilines is 2. The summed E-state index contributed by atoms with van der Waals surface area (Å²) in [6.45, 7) is 5.61. The lowest BCUT2D eigenvalue weighted by Crippen LogP contribution is -2.36. The van der Waals surface area contributed by atoms with Crippen molar-refractivity contribution in [3.63, 3.8) is 0 Å². The van der Waals surface area contributed by atoms with E-state index in [0.717, 1.165) is 64.0 Å². The molecule has 1 aliphatic heterocycles. The number of imidazole rings is 1. The van der Waals surface area contributed by atoms with Gasteiger partial charge >= 0.3 is 0 Å². The molecule has 2 heterocycles. The van der Waals surface area contributed by atoms with Crippen LogP contribution in [-0.4, -0.2) is 67.7 Å². The Balaban J connectivity index is 1.37. The number of nitrogens with one attached hydrogen (secondary N) is 2. The van der Waals surface area contributed by atoms with E-state index in [4.69, 9.17) is 21.2 Å². The van der Waals surface area contributed by atoms with E-state index in [2.05, 4.69) is 20.7 Å². The number of benzene rings is 2. The van der Waals surface area contributed by atoms with Crippen LogP contribution in [0.15, 0.2) is 30.6 Å². The second-order valence-corrected chi connectivity index (χ2v) is 10.3. The van der Waals surface area contributed by atoms with Crippen LogP contribution >= 0.6 is 11.6 Å². The van der Waals surface area contributed by atoms with Crippen molar-refractivity contribution in [2.75, 3.05) is 44.8 Å². The Kier molecular flexibility index (Phi) is 8.29. The fourth-order valence-electron chi connectivity index (χ4n) is 4.50. The van der Waals surface area contributed by atoms with Crippen LogP contribution in [0.1, 0.15) is 36.0 Å². The lowest BCUT2D eigenvalue weighted by atomic mass is 9.96. The molecule has 1 aliphatic carbocycles. The van der Waals surface area contributed by atoms with E-state index >= 15 is 4.39 Å². The van der Waals surface area contributed by atoms with Crippen molar-refractivity contribution in [1.82, 2.24) is 19.9 Å². The van der Waals surface area contributed by atoms with E-state index in [1.54, 1.807) is 24.5 Å². The monoisotopic (exact) mass is 527 g/mol. The van der Waals surface area contributed by atoms with Gasteiger partial charge < -0.3 is 14.6 Å². The van der Waals surface area contributed by atoms with Gasteiger partial charge in [-0.15, -0.1) is 0 Å². The summed E-state index contributed by atoms with van der Waals surface area (Å²) in [5.74, 6) is -0.650. The maximum Gasteiger partial charge on any atom is 0.277 e. The number of amides is 1. The number of fused-ring (bicyclic) bond motifs is 1. The third-order valence-corrected chi connectivity index (χ3v) is 7.21. The molecule has 1 aromatic heterocycles. The third kappa shape index (κ3) is 6.44. The van der Waals surface area contributed by atoms with Gasteiger partial charge in [-0.25, -0.2) is 14.9 Å². The zero-order valence-electron chi connectivity index (χ0n) is 21.1. The van der Waals surface area contributed by atoms with Crippen LogP contribution in [-0.2, 0) is 16.1 Å². The van der Waals surface area contributed by atoms with Crippen LogP contribution in [0.5, 0.6) is 0 Å². The second kappa shape index (κ2) is 11.8. The largest absolute Gasteiger partial charge is 0.379 e. The van der Waals surface area contributed by atoms with E-state index in [9.17, 15) is 4.79 Å². The normalized spacial score (nSPS) is 16.3. The molecule has 1 saturated heterocycles. The van der Waals surface area contributed by atoms with Crippen LogP contribution in [0.4, 0.5) is 15.8 Å². The summed E-state index contributed by atoms with van der Waals surface area (Å²) in [5, 5.41) is 3.46. The van der Waals surface area contributed by atoms with Gasteiger partial charge in [-0.2, -0.15) is 0 Å². The molecule has 5 rings (SSSR count). The third-order valence-electron chi connectivity index (χ3n) is 6.89. The first-order valence-electron chi connectivity index (χ1n) is 12.9. The van der Waals surface area contributed by atoms with Gasteiger partial charge in [0.15, 0.2) is 5.82 Å². The molecule has 0 radical (unpaired) electrons. The highest BCUT2D eigenvalue weighted by molar-refractivity contribution is 6.37. The van der Waals surface area contributed by atoms with Crippen LogP contribution in [0.2, 0.25) is 5.02 Å². The molecule has 2 aliphatic rings. The molecule has 37 heavy (non-hydrogen) atoms. The summed E-state index contributed by atoms with van der Waals surface area (Å²) < 4.78 is 23.2. The number of ether oxygens (including phenoxy) is 1. The van der Waals surface area contributed by atoms with Gasteiger partial charge in [-0.05, 0) is 56.3 Å². The number of halogens is 2. The average molecular weight is 528 g/mol. The van der Waals surface area contributed by atoms with Crippen LogP contribution in [0.3, 0.4) is 0 Å². The Morgan fingerprint density at radius 2 is 2.00 bits per heavy atom. The second-order valence-electron chi connectivity index (χ2n) is 9.87. The first-order chi connectivity index (χ1) is 18.0. The van der Waals surface area contributed by atoms with Crippen LogP contribution < -0.4 is 16.3 Å². The van der Waals surface area contributed by atoms with Gasteiger partial charge in [-0.1, -0.05) is 23.1 Å². The molecule has 0 bridgehead atoms. The molecule has 11 heteroatoms. The van der Waals surface area contributed by atoms with E-state index in [-0.39, 0.29) is 16.8 Å². The molecule has 2 N–H and O–H groups in total. The first-order valence-corrected chi connectivity index (χ1v) is 13.3. The van der Waals surface area contributed by atoms with Crippen molar-refractivity contribution in [2.24, 2.45) is 5.92 Å².